The summed E-state index contributed by atoms with van der Waals surface area (Å²) in [5, 5.41) is 12.7. The number of carboxylic acids is 1. The van der Waals surface area contributed by atoms with E-state index in [1.54, 1.807) is 24.4 Å². The van der Waals surface area contributed by atoms with Gasteiger partial charge in [0.25, 0.3) is 5.91 Å². The summed E-state index contributed by atoms with van der Waals surface area (Å²) in [4.78, 5) is 34.5. The lowest BCUT2D eigenvalue weighted by Gasteiger charge is -2.19. The number of pyridine rings is 1. The van der Waals surface area contributed by atoms with Gasteiger partial charge in [-0.15, -0.1) is 0 Å². The van der Waals surface area contributed by atoms with Crippen LogP contribution in [0.2, 0.25) is 0 Å². The molecule has 0 spiro atoms. The molecule has 2 N–H and O–H groups in total. The van der Waals surface area contributed by atoms with Gasteiger partial charge in [0, 0.05) is 35.5 Å². The van der Waals surface area contributed by atoms with E-state index in [4.69, 9.17) is 4.98 Å². The molecule has 4 rings (SSSR count). The first kappa shape index (κ1) is 28.4. The summed E-state index contributed by atoms with van der Waals surface area (Å²) in [6.07, 6.45) is 4.32. The minimum Gasteiger partial charge on any atom is -0.478 e. The molecule has 2 aromatic carbocycles. The number of carbonyl (C=O) groups is 2. The van der Waals surface area contributed by atoms with Crippen molar-refractivity contribution in [3.05, 3.63) is 82.9 Å². The molecule has 4 aromatic rings. The zero-order valence-electron chi connectivity index (χ0n) is 22.9. The minimum absolute atomic E-state index is 0.00590. The van der Waals surface area contributed by atoms with E-state index in [0.29, 0.717) is 29.3 Å². The lowest BCUT2D eigenvalue weighted by Crippen LogP contribution is -2.37. The van der Waals surface area contributed by atoms with Crippen LogP contribution in [0.3, 0.4) is 0 Å². The normalized spacial score (nSPS) is 12.2. The van der Waals surface area contributed by atoms with Gasteiger partial charge in [-0.1, -0.05) is 45.0 Å². The van der Waals surface area contributed by atoms with Crippen molar-refractivity contribution in [3.8, 4) is 11.1 Å². The molecule has 0 fully saturated rings. The maximum atomic E-state index is 13.2. The third kappa shape index (κ3) is 6.50. The number of nitrogens with zero attached hydrogens (tertiary/aromatic N) is 3. The first-order valence-electron chi connectivity index (χ1n) is 13.4. The number of aromatic nitrogens is 3. The van der Waals surface area contributed by atoms with Gasteiger partial charge < -0.3 is 15.0 Å². The molecular weight excluding hydrogens is 508 g/mol. The molecule has 39 heavy (non-hydrogen) atoms. The molecule has 0 aliphatic heterocycles. The summed E-state index contributed by atoms with van der Waals surface area (Å²) in [7, 11) is 0. The highest BCUT2D eigenvalue weighted by Gasteiger charge is 2.19. The lowest BCUT2D eigenvalue weighted by molar-refractivity contribution is 0.0697. The standard InChI is InChI=1S/C31H36N4O3S/c1-5-8-28-34-29-20(4)14-22(30(36)33-24(18-39)13-19(2)3)15-27(29)35(28)17-23-12-11-21(16-32-23)25-9-6-7-10-26(25)31(37)38/h6-7,9-12,14-16,19,24,39H,5,8,13,17-18H2,1-4H3,(H,33,36)(H,37,38)/t24-/m1/s1. The summed E-state index contributed by atoms with van der Waals surface area (Å²) in [5.41, 5.74) is 5.78. The van der Waals surface area contributed by atoms with Crippen molar-refractivity contribution >= 4 is 35.5 Å². The average molecular weight is 545 g/mol. The lowest BCUT2D eigenvalue weighted by atomic mass is 10.0. The number of fused-ring (bicyclic) bond motifs is 1. The van der Waals surface area contributed by atoms with Crippen LogP contribution in [0.15, 0.2) is 54.7 Å². The van der Waals surface area contributed by atoms with Crippen molar-refractivity contribution < 1.29 is 14.7 Å². The molecule has 204 valence electrons. The fourth-order valence-corrected chi connectivity index (χ4v) is 5.18. The van der Waals surface area contributed by atoms with Crippen molar-refractivity contribution in [2.75, 3.05) is 5.75 Å². The summed E-state index contributed by atoms with van der Waals surface area (Å²) < 4.78 is 2.14. The van der Waals surface area contributed by atoms with Crippen LogP contribution in [0.25, 0.3) is 22.2 Å². The number of carboxylic acid groups (broad SMARTS) is 1. The van der Waals surface area contributed by atoms with Crippen LogP contribution < -0.4 is 5.32 Å². The Kier molecular flexibility index (Phi) is 9.07. The molecule has 0 radical (unpaired) electrons. The van der Waals surface area contributed by atoms with Crippen LogP contribution in [-0.4, -0.2) is 43.3 Å². The summed E-state index contributed by atoms with van der Waals surface area (Å²) in [6, 6.07) is 14.6. The maximum absolute atomic E-state index is 13.2. The Hall–Kier alpha value is -3.65. The van der Waals surface area contributed by atoms with Gasteiger partial charge in [0.2, 0.25) is 0 Å². The van der Waals surface area contributed by atoms with Crippen LogP contribution in [0, 0.1) is 12.8 Å². The number of hydrogen-bond acceptors (Lipinski definition) is 5. The van der Waals surface area contributed by atoms with Crippen LogP contribution in [-0.2, 0) is 13.0 Å². The average Bonchev–Trinajstić information content (AvgIpc) is 3.26. The number of aromatic carboxylic acids is 1. The zero-order valence-corrected chi connectivity index (χ0v) is 23.8. The van der Waals surface area contributed by atoms with Crippen LogP contribution >= 0.6 is 12.6 Å². The number of thiol groups is 1. The number of benzene rings is 2. The largest absolute Gasteiger partial charge is 0.478 e. The second kappa shape index (κ2) is 12.5. The molecular formula is C31H36N4O3S. The summed E-state index contributed by atoms with van der Waals surface area (Å²) >= 11 is 4.44. The smallest absolute Gasteiger partial charge is 0.336 e. The highest BCUT2D eigenvalue weighted by molar-refractivity contribution is 7.80. The Morgan fingerprint density at radius 2 is 1.90 bits per heavy atom. The monoisotopic (exact) mass is 544 g/mol. The van der Waals surface area contributed by atoms with Gasteiger partial charge in [0.1, 0.15) is 5.82 Å². The van der Waals surface area contributed by atoms with E-state index in [1.165, 1.54) is 0 Å². The number of imidazole rings is 1. The van der Waals surface area contributed by atoms with Crippen molar-refractivity contribution in [2.45, 2.75) is 59.5 Å². The van der Waals surface area contributed by atoms with E-state index in [0.717, 1.165) is 52.9 Å². The predicted molar refractivity (Wildman–Crippen MR) is 159 cm³/mol. The molecule has 7 nitrogen and oxygen atoms in total. The van der Waals surface area contributed by atoms with Crippen molar-refractivity contribution in [2.24, 2.45) is 5.92 Å². The predicted octanol–water partition coefficient (Wildman–Crippen LogP) is 6.18. The molecule has 0 aliphatic rings. The fraction of sp³-hybridized carbons (Fsp3) is 0.355. The van der Waals surface area contributed by atoms with E-state index in [1.807, 2.05) is 37.3 Å². The van der Waals surface area contributed by atoms with Crippen LogP contribution in [0.5, 0.6) is 0 Å². The zero-order chi connectivity index (χ0) is 28.1. The Labute approximate surface area is 235 Å². The van der Waals surface area contributed by atoms with Crippen molar-refractivity contribution in [3.63, 3.8) is 0 Å². The van der Waals surface area contributed by atoms with Crippen molar-refractivity contribution in [1.29, 1.82) is 0 Å². The molecule has 8 heteroatoms. The number of rotatable bonds is 11. The van der Waals surface area contributed by atoms with E-state index in [9.17, 15) is 14.7 Å². The van der Waals surface area contributed by atoms with Gasteiger partial charge in [0.05, 0.1) is 28.8 Å². The first-order chi connectivity index (χ1) is 18.7. The molecule has 0 unspecified atom stereocenters. The molecule has 1 amide bonds. The summed E-state index contributed by atoms with van der Waals surface area (Å²) in [5.74, 6) is 0.917. The van der Waals surface area contributed by atoms with Gasteiger partial charge in [-0.05, 0) is 61.1 Å². The van der Waals surface area contributed by atoms with Gasteiger partial charge in [-0.2, -0.15) is 12.6 Å². The second-order valence-corrected chi connectivity index (χ2v) is 10.8. The summed E-state index contributed by atoms with van der Waals surface area (Å²) in [6.45, 7) is 8.87. The molecule has 2 heterocycles. The van der Waals surface area contributed by atoms with E-state index in [-0.39, 0.29) is 17.5 Å². The van der Waals surface area contributed by atoms with Crippen LogP contribution in [0.4, 0.5) is 0 Å². The molecule has 0 saturated carbocycles. The molecule has 1 atom stereocenters. The Bertz CT molecular complexity index is 1480. The minimum atomic E-state index is -0.969. The maximum Gasteiger partial charge on any atom is 0.336 e. The quantitative estimate of drug-likeness (QED) is 0.196. The third-order valence-electron chi connectivity index (χ3n) is 6.78. The second-order valence-electron chi connectivity index (χ2n) is 10.4. The molecule has 2 aromatic heterocycles. The first-order valence-corrected chi connectivity index (χ1v) is 14.0. The number of amides is 1. The van der Waals surface area contributed by atoms with E-state index in [2.05, 4.69) is 48.3 Å². The van der Waals surface area contributed by atoms with E-state index < -0.39 is 5.97 Å². The van der Waals surface area contributed by atoms with Crippen LogP contribution in [0.1, 0.15) is 71.4 Å². The van der Waals surface area contributed by atoms with Gasteiger partial charge in [-0.25, -0.2) is 9.78 Å². The molecule has 0 saturated heterocycles. The number of hydrogen-bond donors (Lipinski definition) is 3. The Morgan fingerprint density at radius 1 is 1.13 bits per heavy atom. The highest BCUT2D eigenvalue weighted by Crippen LogP contribution is 2.26. The third-order valence-corrected chi connectivity index (χ3v) is 7.23. The molecule has 0 bridgehead atoms. The van der Waals surface area contributed by atoms with Gasteiger partial charge >= 0.3 is 5.97 Å². The number of carbonyl (C=O) groups excluding carboxylic acids is 1. The Morgan fingerprint density at radius 3 is 2.54 bits per heavy atom. The topological polar surface area (TPSA) is 97.1 Å². The van der Waals surface area contributed by atoms with Crippen molar-refractivity contribution in [1.82, 2.24) is 19.9 Å². The SMILES string of the molecule is CCCc1nc2c(C)cc(C(=O)N[C@@H](CS)CC(C)C)cc2n1Cc1ccc(-c2ccccc2C(=O)O)cn1. The number of aryl methyl sites for hydroxylation is 2. The van der Waals surface area contributed by atoms with Gasteiger partial charge in [0.15, 0.2) is 0 Å². The Balaban J connectivity index is 1.68. The van der Waals surface area contributed by atoms with Gasteiger partial charge in [-0.3, -0.25) is 9.78 Å². The number of nitrogens with one attached hydrogen (secondary N) is 1. The van der Waals surface area contributed by atoms with E-state index >= 15 is 0 Å². The fourth-order valence-electron chi connectivity index (χ4n) is 4.94. The highest BCUT2D eigenvalue weighted by atomic mass is 32.1. The molecule has 0 aliphatic carbocycles.